The van der Waals surface area contributed by atoms with Crippen molar-refractivity contribution in [3.63, 3.8) is 0 Å². The molecule has 1 aromatic carbocycles. The number of aliphatic hydroxyl groups excluding tert-OH is 1. The fourth-order valence-electron chi connectivity index (χ4n) is 5.00. The van der Waals surface area contributed by atoms with Gasteiger partial charge in [-0.1, -0.05) is 6.07 Å². The van der Waals surface area contributed by atoms with Gasteiger partial charge in [0.1, 0.15) is 17.9 Å². The van der Waals surface area contributed by atoms with Crippen LogP contribution in [0.3, 0.4) is 0 Å². The smallest absolute Gasteiger partial charge is 0.333 e. The van der Waals surface area contributed by atoms with E-state index in [0.29, 0.717) is 12.8 Å². The van der Waals surface area contributed by atoms with Crippen LogP contribution in [0.4, 0.5) is 5.82 Å². The molecule has 4 atom stereocenters. The molecule has 5 rings (SSSR count). The minimum Gasteiger partial charge on any atom is -0.497 e. The van der Waals surface area contributed by atoms with E-state index < -0.39 is 16.4 Å². The molecule has 0 amide bonds. The Kier molecular flexibility index (Phi) is 6.00. The van der Waals surface area contributed by atoms with Crippen molar-refractivity contribution in [1.82, 2.24) is 9.97 Å². The van der Waals surface area contributed by atoms with E-state index in [9.17, 15) is 13.5 Å². The highest BCUT2D eigenvalue weighted by atomic mass is 32.2. The molecule has 0 spiro atoms. The molecule has 3 aromatic rings. The van der Waals surface area contributed by atoms with Crippen LogP contribution < -0.4 is 15.2 Å². The summed E-state index contributed by atoms with van der Waals surface area (Å²) in [5.74, 6) is 1.40. The first kappa shape index (κ1) is 22.5. The number of ether oxygens (including phenoxy) is 1. The van der Waals surface area contributed by atoms with Crippen LogP contribution in [0.2, 0.25) is 0 Å². The Balaban J connectivity index is 1.37. The standard InChI is InChI=1S/C22H26N4O5S2/c1-30-15-4-2-12-3-5-18(16(12)8-15)26-22-21-20(24-11-25-22)17(10-32-21)13-6-14(19(27)7-13)9-31-33(23,28)29/h2,4,8,10-11,13-14,18-19,27H,3,5-7,9H2,1H3,(H2,23,28,29)(H,24,25,26). The number of anilines is 1. The molecule has 4 unspecified atom stereocenters. The first-order valence-corrected chi connectivity index (χ1v) is 13.2. The lowest BCUT2D eigenvalue weighted by Crippen LogP contribution is -2.24. The van der Waals surface area contributed by atoms with Gasteiger partial charge in [0.15, 0.2) is 0 Å². The summed E-state index contributed by atoms with van der Waals surface area (Å²) < 4.78 is 33.3. The van der Waals surface area contributed by atoms with Crippen molar-refractivity contribution in [1.29, 1.82) is 0 Å². The average molecular weight is 491 g/mol. The zero-order chi connectivity index (χ0) is 23.2. The lowest BCUT2D eigenvalue weighted by Gasteiger charge is -2.16. The molecule has 0 saturated heterocycles. The second-order valence-electron chi connectivity index (χ2n) is 8.66. The monoisotopic (exact) mass is 490 g/mol. The molecule has 2 heterocycles. The molecular weight excluding hydrogens is 464 g/mol. The molecule has 0 aliphatic heterocycles. The van der Waals surface area contributed by atoms with E-state index in [2.05, 4.69) is 32.8 Å². The van der Waals surface area contributed by atoms with Gasteiger partial charge >= 0.3 is 10.3 Å². The zero-order valence-corrected chi connectivity index (χ0v) is 19.7. The second kappa shape index (κ2) is 8.80. The third kappa shape index (κ3) is 4.56. The first-order chi connectivity index (χ1) is 15.8. The molecule has 2 aliphatic carbocycles. The fourth-order valence-corrected chi connectivity index (χ4v) is 6.42. The summed E-state index contributed by atoms with van der Waals surface area (Å²) in [7, 11) is -2.36. The molecule has 1 saturated carbocycles. The summed E-state index contributed by atoms with van der Waals surface area (Å²) >= 11 is 1.58. The predicted octanol–water partition coefficient (Wildman–Crippen LogP) is 2.87. The van der Waals surface area contributed by atoms with E-state index in [1.54, 1.807) is 24.8 Å². The lowest BCUT2D eigenvalue weighted by atomic mass is 9.98. The van der Waals surface area contributed by atoms with Crippen LogP contribution in [-0.2, 0) is 20.9 Å². The number of methoxy groups -OCH3 is 1. The Morgan fingerprint density at radius 2 is 2.12 bits per heavy atom. The predicted molar refractivity (Wildman–Crippen MR) is 126 cm³/mol. The van der Waals surface area contributed by atoms with Crippen molar-refractivity contribution >= 4 is 37.7 Å². The van der Waals surface area contributed by atoms with Gasteiger partial charge in [-0.25, -0.2) is 15.1 Å². The molecule has 0 radical (unpaired) electrons. The van der Waals surface area contributed by atoms with E-state index in [0.717, 1.165) is 40.2 Å². The summed E-state index contributed by atoms with van der Waals surface area (Å²) in [5.41, 5.74) is 4.46. The van der Waals surface area contributed by atoms with Crippen molar-refractivity contribution in [2.75, 3.05) is 19.0 Å². The highest BCUT2D eigenvalue weighted by molar-refractivity contribution is 7.84. The Hall–Kier alpha value is -2.31. The van der Waals surface area contributed by atoms with Crippen LogP contribution >= 0.6 is 11.3 Å². The first-order valence-electron chi connectivity index (χ1n) is 10.8. The number of nitrogens with one attached hydrogen (secondary N) is 1. The normalized spacial score (nSPS) is 24.8. The van der Waals surface area contributed by atoms with Gasteiger partial charge in [-0.15, -0.1) is 11.3 Å². The number of aryl methyl sites for hydroxylation is 1. The van der Waals surface area contributed by atoms with E-state index in [1.165, 1.54) is 11.1 Å². The highest BCUT2D eigenvalue weighted by Crippen LogP contribution is 2.44. The number of benzene rings is 1. The van der Waals surface area contributed by atoms with Gasteiger partial charge in [0.2, 0.25) is 0 Å². The number of hydrogen-bond donors (Lipinski definition) is 3. The van der Waals surface area contributed by atoms with Gasteiger partial charge in [0.25, 0.3) is 0 Å². The summed E-state index contributed by atoms with van der Waals surface area (Å²) in [5, 5.41) is 21.0. The number of fused-ring (bicyclic) bond motifs is 2. The maximum absolute atomic E-state index is 11.1. The molecule has 2 aliphatic rings. The van der Waals surface area contributed by atoms with Crippen molar-refractivity contribution < 1.29 is 22.4 Å². The Morgan fingerprint density at radius 1 is 1.27 bits per heavy atom. The summed E-state index contributed by atoms with van der Waals surface area (Å²) in [6.07, 6.45) is 4.01. The summed E-state index contributed by atoms with van der Waals surface area (Å²) in [6.45, 7) is -0.120. The van der Waals surface area contributed by atoms with Crippen molar-refractivity contribution in [3.05, 3.63) is 46.6 Å². The number of aromatic nitrogens is 2. The number of aliphatic hydroxyl groups is 1. The van der Waals surface area contributed by atoms with Crippen LogP contribution in [0.25, 0.3) is 10.2 Å². The van der Waals surface area contributed by atoms with Crippen LogP contribution in [0.15, 0.2) is 29.9 Å². The van der Waals surface area contributed by atoms with Crippen LogP contribution in [0.5, 0.6) is 5.75 Å². The second-order valence-corrected chi connectivity index (χ2v) is 10.8. The van der Waals surface area contributed by atoms with E-state index in [1.807, 2.05) is 6.07 Å². The largest absolute Gasteiger partial charge is 0.497 e. The summed E-state index contributed by atoms with van der Waals surface area (Å²) in [6, 6.07) is 6.34. The van der Waals surface area contributed by atoms with Gasteiger partial charge in [0.05, 0.1) is 36.1 Å². The van der Waals surface area contributed by atoms with Gasteiger partial charge in [-0.05, 0) is 65.8 Å². The summed E-state index contributed by atoms with van der Waals surface area (Å²) in [4.78, 5) is 9.06. The maximum atomic E-state index is 11.1. The Morgan fingerprint density at radius 3 is 2.91 bits per heavy atom. The van der Waals surface area contributed by atoms with Gasteiger partial charge in [0, 0.05) is 5.92 Å². The van der Waals surface area contributed by atoms with E-state index >= 15 is 0 Å². The topological polar surface area (TPSA) is 137 Å². The molecule has 2 aromatic heterocycles. The molecule has 0 bridgehead atoms. The van der Waals surface area contributed by atoms with Gasteiger partial charge < -0.3 is 15.2 Å². The minimum absolute atomic E-state index is 0.0575. The van der Waals surface area contributed by atoms with Crippen molar-refractivity contribution in [2.24, 2.45) is 11.1 Å². The van der Waals surface area contributed by atoms with Crippen molar-refractivity contribution in [2.45, 2.75) is 43.7 Å². The molecule has 33 heavy (non-hydrogen) atoms. The van der Waals surface area contributed by atoms with Crippen molar-refractivity contribution in [3.8, 4) is 5.75 Å². The number of thiophene rings is 1. The average Bonchev–Trinajstić information content (AvgIpc) is 3.48. The minimum atomic E-state index is -4.03. The molecule has 176 valence electrons. The van der Waals surface area contributed by atoms with Crippen LogP contribution in [0.1, 0.15) is 47.9 Å². The number of nitrogens with two attached hydrogens (primary N) is 1. The molecule has 1 fully saturated rings. The third-order valence-electron chi connectivity index (χ3n) is 6.67. The fraction of sp³-hybridized carbons (Fsp3) is 0.455. The molecule has 9 nitrogen and oxygen atoms in total. The Bertz CT molecular complexity index is 1280. The molecule has 11 heteroatoms. The van der Waals surface area contributed by atoms with Crippen LogP contribution in [0, 0.1) is 5.92 Å². The zero-order valence-electron chi connectivity index (χ0n) is 18.1. The van der Waals surface area contributed by atoms with E-state index in [-0.39, 0.29) is 24.5 Å². The number of nitrogens with zero attached hydrogens (tertiary/aromatic N) is 2. The highest BCUT2D eigenvalue weighted by Gasteiger charge is 2.36. The van der Waals surface area contributed by atoms with Gasteiger partial charge in [-0.2, -0.15) is 8.42 Å². The SMILES string of the molecule is COc1ccc2c(c1)C(Nc1ncnc3c(C4CC(O)C(COS(N)(=O)=O)C4)csc13)CC2. The maximum Gasteiger partial charge on any atom is 0.333 e. The Labute approximate surface area is 196 Å². The number of rotatable bonds is 7. The molecule has 4 N–H and O–H groups in total. The lowest BCUT2D eigenvalue weighted by molar-refractivity contribution is 0.101. The third-order valence-corrected chi connectivity index (χ3v) is 8.13. The van der Waals surface area contributed by atoms with Gasteiger partial charge in [-0.3, -0.25) is 4.18 Å². The number of hydrogen-bond acceptors (Lipinski definition) is 9. The van der Waals surface area contributed by atoms with E-state index in [4.69, 9.17) is 14.1 Å². The van der Waals surface area contributed by atoms with Crippen LogP contribution in [-0.4, -0.2) is 43.3 Å². The molecular formula is C22H26N4O5S2. The quantitative estimate of drug-likeness (QED) is 0.460.